The number of carbonyl (C=O) groups is 2. The quantitative estimate of drug-likeness (QED) is 0.426. The van der Waals surface area contributed by atoms with Gasteiger partial charge in [-0.15, -0.1) is 0 Å². The SMILES string of the molecule is CCC(C)NC(=O)C(C)N(CCc1ccccc1)C(=O)CCCN(c1cccc(Cl)c1)S(C)(=O)=O. The van der Waals surface area contributed by atoms with Crippen LogP contribution in [0.4, 0.5) is 5.69 Å². The largest absolute Gasteiger partial charge is 0.352 e. The summed E-state index contributed by atoms with van der Waals surface area (Å²) in [7, 11) is -3.56. The van der Waals surface area contributed by atoms with Crippen LogP contribution >= 0.6 is 11.6 Å². The summed E-state index contributed by atoms with van der Waals surface area (Å²) in [5, 5.41) is 3.38. The van der Waals surface area contributed by atoms with Crippen LogP contribution in [-0.4, -0.2) is 56.6 Å². The summed E-state index contributed by atoms with van der Waals surface area (Å²) < 4.78 is 26.0. The first-order valence-electron chi connectivity index (χ1n) is 11.9. The van der Waals surface area contributed by atoms with E-state index in [2.05, 4.69) is 5.32 Å². The molecule has 9 heteroatoms. The molecule has 0 aromatic heterocycles. The highest BCUT2D eigenvalue weighted by Gasteiger charge is 2.27. The van der Waals surface area contributed by atoms with E-state index in [1.165, 1.54) is 4.31 Å². The third-order valence-electron chi connectivity index (χ3n) is 5.90. The lowest BCUT2D eigenvalue weighted by atomic mass is 10.1. The second-order valence-electron chi connectivity index (χ2n) is 8.74. The number of halogens is 1. The Morgan fingerprint density at radius 2 is 1.71 bits per heavy atom. The van der Waals surface area contributed by atoms with Gasteiger partial charge in [0.25, 0.3) is 0 Å². The van der Waals surface area contributed by atoms with Gasteiger partial charge in [-0.2, -0.15) is 0 Å². The Labute approximate surface area is 214 Å². The number of nitrogens with one attached hydrogen (secondary N) is 1. The van der Waals surface area contributed by atoms with Gasteiger partial charge in [0, 0.05) is 30.6 Å². The van der Waals surface area contributed by atoms with E-state index in [9.17, 15) is 18.0 Å². The highest BCUT2D eigenvalue weighted by molar-refractivity contribution is 7.92. The van der Waals surface area contributed by atoms with E-state index in [1.54, 1.807) is 36.1 Å². The molecule has 2 unspecified atom stereocenters. The topological polar surface area (TPSA) is 86.8 Å². The fourth-order valence-corrected chi connectivity index (χ4v) is 4.81. The summed E-state index contributed by atoms with van der Waals surface area (Å²) in [6, 6.07) is 15.8. The van der Waals surface area contributed by atoms with Gasteiger partial charge < -0.3 is 10.2 Å². The molecule has 0 saturated carbocycles. The lowest BCUT2D eigenvalue weighted by Crippen LogP contribution is -2.50. The Hall–Kier alpha value is -2.58. The van der Waals surface area contributed by atoms with Crippen molar-refractivity contribution in [3.05, 3.63) is 65.2 Å². The van der Waals surface area contributed by atoms with Crippen molar-refractivity contribution in [3.8, 4) is 0 Å². The van der Waals surface area contributed by atoms with Crippen molar-refractivity contribution in [3.63, 3.8) is 0 Å². The average Bonchev–Trinajstić information content (AvgIpc) is 2.81. The van der Waals surface area contributed by atoms with E-state index in [0.717, 1.165) is 18.2 Å². The summed E-state index contributed by atoms with van der Waals surface area (Å²) in [5.74, 6) is -0.385. The average molecular weight is 522 g/mol. The van der Waals surface area contributed by atoms with E-state index in [0.29, 0.717) is 30.1 Å². The minimum absolute atomic E-state index is 0.0111. The maximum Gasteiger partial charge on any atom is 0.242 e. The molecule has 192 valence electrons. The molecule has 0 spiro atoms. The van der Waals surface area contributed by atoms with Crippen LogP contribution < -0.4 is 9.62 Å². The third-order valence-corrected chi connectivity index (χ3v) is 7.33. The standard InChI is InChI=1S/C26H36ClN3O4S/c1-5-20(2)28-26(32)21(3)29(18-16-22-11-7-6-8-12-22)25(31)15-10-17-30(35(4,33)34)24-14-9-13-23(27)19-24/h6-9,11-14,19-21H,5,10,15-18H2,1-4H3,(H,28,32). The number of anilines is 1. The summed E-state index contributed by atoms with van der Waals surface area (Å²) >= 11 is 6.04. The zero-order valence-electron chi connectivity index (χ0n) is 20.9. The fourth-order valence-electron chi connectivity index (χ4n) is 3.67. The van der Waals surface area contributed by atoms with Crippen molar-refractivity contribution >= 4 is 39.1 Å². The second kappa shape index (κ2) is 13.5. The van der Waals surface area contributed by atoms with Crippen LogP contribution in [0.25, 0.3) is 0 Å². The number of sulfonamides is 1. The molecule has 0 aliphatic heterocycles. The highest BCUT2D eigenvalue weighted by Crippen LogP contribution is 2.22. The Morgan fingerprint density at radius 3 is 2.31 bits per heavy atom. The molecule has 2 aromatic rings. The molecule has 35 heavy (non-hydrogen) atoms. The predicted octanol–water partition coefficient (Wildman–Crippen LogP) is 4.26. The van der Waals surface area contributed by atoms with Gasteiger partial charge in [0.1, 0.15) is 6.04 Å². The number of carbonyl (C=O) groups excluding carboxylic acids is 2. The number of benzene rings is 2. The minimum Gasteiger partial charge on any atom is -0.352 e. The first-order chi connectivity index (χ1) is 16.5. The van der Waals surface area contributed by atoms with Crippen molar-refractivity contribution in [2.75, 3.05) is 23.7 Å². The van der Waals surface area contributed by atoms with Crippen LogP contribution in [0.2, 0.25) is 5.02 Å². The zero-order chi connectivity index (χ0) is 26.0. The van der Waals surface area contributed by atoms with Gasteiger partial charge in [-0.25, -0.2) is 8.42 Å². The van der Waals surface area contributed by atoms with Gasteiger partial charge >= 0.3 is 0 Å². The summed E-state index contributed by atoms with van der Waals surface area (Å²) in [6.45, 7) is 6.17. The first-order valence-corrected chi connectivity index (χ1v) is 14.1. The van der Waals surface area contributed by atoms with Gasteiger partial charge in [-0.05, 0) is 56.9 Å². The van der Waals surface area contributed by atoms with Crippen LogP contribution in [0.1, 0.15) is 45.6 Å². The second-order valence-corrected chi connectivity index (χ2v) is 11.1. The Kier molecular flexibility index (Phi) is 11.0. The van der Waals surface area contributed by atoms with E-state index < -0.39 is 16.1 Å². The van der Waals surface area contributed by atoms with E-state index >= 15 is 0 Å². The van der Waals surface area contributed by atoms with Crippen molar-refractivity contribution < 1.29 is 18.0 Å². The van der Waals surface area contributed by atoms with Crippen molar-refractivity contribution in [2.24, 2.45) is 0 Å². The maximum absolute atomic E-state index is 13.2. The molecule has 0 saturated heterocycles. The predicted molar refractivity (Wildman–Crippen MR) is 142 cm³/mol. The van der Waals surface area contributed by atoms with Crippen LogP contribution in [0.3, 0.4) is 0 Å². The number of nitrogens with zero attached hydrogens (tertiary/aromatic N) is 2. The van der Waals surface area contributed by atoms with E-state index in [1.807, 2.05) is 44.2 Å². The molecule has 7 nitrogen and oxygen atoms in total. The van der Waals surface area contributed by atoms with Crippen LogP contribution in [0, 0.1) is 0 Å². The molecule has 0 heterocycles. The first kappa shape index (κ1) is 28.7. The van der Waals surface area contributed by atoms with E-state index in [4.69, 9.17) is 11.6 Å². The number of rotatable bonds is 13. The monoisotopic (exact) mass is 521 g/mol. The van der Waals surface area contributed by atoms with Crippen LogP contribution in [-0.2, 0) is 26.0 Å². The molecule has 0 radical (unpaired) electrons. The fraction of sp³-hybridized carbons (Fsp3) is 0.462. The van der Waals surface area contributed by atoms with Crippen molar-refractivity contribution in [1.29, 1.82) is 0 Å². The molecule has 2 rings (SSSR count). The number of hydrogen-bond acceptors (Lipinski definition) is 4. The van der Waals surface area contributed by atoms with Gasteiger partial charge in [0.15, 0.2) is 0 Å². The summed E-state index contributed by atoms with van der Waals surface area (Å²) in [4.78, 5) is 27.6. The summed E-state index contributed by atoms with van der Waals surface area (Å²) in [6.07, 6.45) is 2.96. The molecule has 2 amide bonds. The Morgan fingerprint density at radius 1 is 1.03 bits per heavy atom. The van der Waals surface area contributed by atoms with Gasteiger partial charge in [-0.3, -0.25) is 13.9 Å². The molecular formula is C26H36ClN3O4S. The van der Waals surface area contributed by atoms with Gasteiger partial charge in [0.2, 0.25) is 21.8 Å². The van der Waals surface area contributed by atoms with Crippen LogP contribution in [0.15, 0.2) is 54.6 Å². The van der Waals surface area contributed by atoms with E-state index in [-0.39, 0.29) is 30.8 Å². The Bertz CT molecular complexity index is 1080. The normalized spacial score (nSPS) is 13.1. The third kappa shape index (κ3) is 9.18. The van der Waals surface area contributed by atoms with Crippen molar-refractivity contribution in [2.45, 2.75) is 58.5 Å². The molecule has 0 fully saturated rings. The molecule has 0 bridgehead atoms. The number of amides is 2. The van der Waals surface area contributed by atoms with Crippen LogP contribution in [0.5, 0.6) is 0 Å². The van der Waals surface area contributed by atoms with Gasteiger partial charge in [-0.1, -0.05) is 54.9 Å². The minimum atomic E-state index is -3.56. The molecule has 2 aromatic carbocycles. The molecule has 1 N–H and O–H groups in total. The molecule has 0 aliphatic rings. The van der Waals surface area contributed by atoms with Crippen molar-refractivity contribution in [1.82, 2.24) is 10.2 Å². The molecular weight excluding hydrogens is 486 g/mol. The van der Waals surface area contributed by atoms with Gasteiger partial charge in [0.05, 0.1) is 11.9 Å². The highest BCUT2D eigenvalue weighted by atomic mass is 35.5. The zero-order valence-corrected chi connectivity index (χ0v) is 22.5. The lowest BCUT2D eigenvalue weighted by Gasteiger charge is -2.30. The number of hydrogen-bond donors (Lipinski definition) is 1. The molecule has 0 aliphatic carbocycles. The summed E-state index contributed by atoms with van der Waals surface area (Å²) in [5.41, 5.74) is 1.53. The lowest BCUT2D eigenvalue weighted by molar-refractivity contribution is -0.140. The smallest absolute Gasteiger partial charge is 0.242 e. The maximum atomic E-state index is 13.2. The Balaban J connectivity index is 2.11. The molecule has 2 atom stereocenters.